The minimum absolute atomic E-state index is 0. The normalized spacial score (nSPS) is 18.6. The zero-order chi connectivity index (χ0) is 14.9. The van der Waals surface area contributed by atoms with E-state index in [1.807, 2.05) is 0 Å². The second-order valence-corrected chi connectivity index (χ2v) is 5.07. The van der Waals surface area contributed by atoms with Crippen LogP contribution in [0.4, 0.5) is 13.2 Å². The fourth-order valence-corrected chi connectivity index (χ4v) is 2.36. The first-order valence-electron chi connectivity index (χ1n) is 5.70. The first kappa shape index (κ1) is 19.0. The largest absolute Gasteiger partial charge is 0.340 e. The maximum absolute atomic E-state index is 13.9. The fourth-order valence-electron chi connectivity index (χ4n) is 1.91. The molecule has 21 heavy (non-hydrogen) atoms. The Bertz CT molecular complexity index is 548. The molecule has 0 aromatic heterocycles. The van der Waals surface area contributed by atoms with Crippen molar-refractivity contribution in [3.05, 3.63) is 40.7 Å². The van der Waals surface area contributed by atoms with Crippen molar-refractivity contribution in [1.82, 2.24) is 4.90 Å². The number of alkyl halides is 3. The smallest absolute Gasteiger partial charge is 0.256 e. The van der Waals surface area contributed by atoms with Crippen LogP contribution in [0.2, 0.25) is 5.02 Å². The average molecular weight is 412 g/mol. The molecule has 1 radical (unpaired) electrons. The third-order valence-corrected chi connectivity index (χ3v) is 3.43. The van der Waals surface area contributed by atoms with E-state index in [1.54, 1.807) is 0 Å². The van der Waals surface area contributed by atoms with Gasteiger partial charge in [0.2, 0.25) is 5.91 Å². The number of allylic oxidation sites excluding steroid dienone is 1. The summed E-state index contributed by atoms with van der Waals surface area (Å²) in [6.07, 6.45) is -0.0760. The minimum atomic E-state index is -2.77. The SMILES string of the molecule is O=C1C(Cl)C[C-]=C(c2c(F)cccc2Cl)N1CC(F)F.[Y]. The molecule has 0 N–H and O–H groups in total. The molecule has 1 unspecified atom stereocenters. The molecular weight excluding hydrogens is 403 g/mol. The Kier molecular flexibility index (Phi) is 7.18. The molecule has 2 rings (SSSR count). The molecule has 1 aliphatic rings. The van der Waals surface area contributed by atoms with E-state index < -0.39 is 30.1 Å². The zero-order valence-corrected chi connectivity index (χ0v) is 15.0. The maximum Gasteiger partial charge on any atom is 0.256 e. The topological polar surface area (TPSA) is 20.3 Å². The van der Waals surface area contributed by atoms with E-state index in [1.165, 1.54) is 12.1 Å². The van der Waals surface area contributed by atoms with Gasteiger partial charge in [0.05, 0.1) is 12.4 Å². The second kappa shape index (κ2) is 7.95. The van der Waals surface area contributed by atoms with Gasteiger partial charge in [-0.1, -0.05) is 24.1 Å². The molecule has 0 fully saturated rings. The summed E-state index contributed by atoms with van der Waals surface area (Å²) >= 11 is 11.6. The minimum Gasteiger partial charge on any atom is -0.340 e. The van der Waals surface area contributed by atoms with Gasteiger partial charge in [0.15, 0.2) is 0 Å². The van der Waals surface area contributed by atoms with Gasteiger partial charge in [0.1, 0.15) is 5.38 Å². The summed E-state index contributed by atoms with van der Waals surface area (Å²) in [6.45, 7) is -0.880. The predicted molar refractivity (Wildman–Crippen MR) is 70.0 cm³/mol. The average Bonchev–Trinajstić information content (AvgIpc) is 2.37. The van der Waals surface area contributed by atoms with Crippen molar-refractivity contribution in [3.63, 3.8) is 0 Å². The van der Waals surface area contributed by atoms with Crippen LogP contribution in [0, 0.1) is 11.9 Å². The Balaban J connectivity index is 0.00000220. The van der Waals surface area contributed by atoms with Gasteiger partial charge in [-0.2, -0.15) is 0 Å². The van der Waals surface area contributed by atoms with Crippen molar-refractivity contribution in [2.75, 3.05) is 6.54 Å². The molecule has 0 spiro atoms. The molecular formula is C13H9Cl2F3NOY-. The number of carbonyl (C=O) groups is 1. The molecule has 2 nitrogen and oxygen atoms in total. The predicted octanol–water partition coefficient (Wildman–Crippen LogP) is 3.73. The summed E-state index contributed by atoms with van der Waals surface area (Å²) in [5.74, 6) is -1.42. The Labute approximate surface area is 155 Å². The third kappa shape index (κ3) is 4.22. The van der Waals surface area contributed by atoms with Gasteiger partial charge in [0.25, 0.3) is 6.43 Å². The summed E-state index contributed by atoms with van der Waals surface area (Å²) in [4.78, 5) is 12.6. The van der Waals surface area contributed by atoms with Crippen LogP contribution in [-0.4, -0.2) is 29.2 Å². The van der Waals surface area contributed by atoms with E-state index >= 15 is 0 Å². The number of hydrogen-bond donors (Lipinski definition) is 0. The molecule has 1 heterocycles. The van der Waals surface area contributed by atoms with Crippen molar-refractivity contribution in [2.24, 2.45) is 0 Å². The monoisotopic (exact) mass is 411 g/mol. The third-order valence-electron chi connectivity index (χ3n) is 2.77. The number of hydrogen-bond acceptors (Lipinski definition) is 1. The van der Waals surface area contributed by atoms with Gasteiger partial charge < -0.3 is 4.90 Å². The van der Waals surface area contributed by atoms with Crippen LogP contribution < -0.4 is 0 Å². The number of halogens is 5. The molecule has 0 saturated carbocycles. The van der Waals surface area contributed by atoms with Crippen LogP contribution in [0.25, 0.3) is 5.70 Å². The van der Waals surface area contributed by atoms with Crippen LogP contribution in [0.3, 0.4) is 0 Å². The van der Waals surface area contributed by atoms with Crippen LogP contribution in [0.5, 0.6) is 0 Å². The molecule has 1 aromatic rings. The van der Waals surface area contributed by atoms with Crippen molar-refractivity contribution < 1.29 is 50.7 Å². The number of benzene rings is 1. The Morgan fingerprint density at radius 3 is 2.67 bits per heavy atom. The number of nitrogens with zero attached hydrogens (tertiary/aromatic N) is 1. The zero-order valence-electron chi connectivity index (χ0n) is 10.6. The van der Waals surface area contributed by atoms with Crippen LogP contribution in [0.15, 0.2) is 18.2 Å². The Hall–Kier alpha value is -0.0961. The molecule has 0 aliphatic carbocycles. The summed E-state index contributed by atoms with van der Waals surface area (Å²) in [6, 6.07) is 3.92. The first-order valence-corrected chi connectivity index (χ1v) is 6.52. The Morgan fingerprint density at radius 2 is 2.10 bits per heavy atom. The molecule has 0 bridgehead atoms. The van der Waals surface area contributed by atoms with Gasteiger partial charge in [-0.15, -0.1) is 28.9 Å². The van der Waals surface area contributed by atoms with E-state index in [0.717, 1.165) is 11.0 Å². The van der Waals surface area contributed by atoms with Crippen molar-refractivity contribution >= 4 is 34.8 Å². The maximum atomic E-state index is 13.9. The molecule has 0 saturated heterocycles. The van der Waals surface area contributed by atoms with Gasteiger partial charge in [-0.05, 0) is 11.1 Å². The van der Waals surface area contributed by atoms with E-state index in [2.05, 4.69) is 6.08 Å². The molecule has 1 atom stereocenters. The van der Waals surface area contributed by atoms with Gasteiger partial charge in [0, 0.05) is 32.7 Å². The summed E-state index contributed by atoms with van der Waals surface area (Å²) in [5.41, 5.74) is -0.206. The molecule has 1 aliphatic heterocycles. The van der Waals surface area contributed by atoms with E-state index in [-0.39, 0.29) is 55.4 Å². The van der Waals surface area contributed by atoms with Crippen LogP contribution in [-0.2, 0) is 37.5 Å². The quantitative estimate of drug-likeness (QED) is 0.548. The van der Waals surface area contributed by atoms with Gasteiger partial charge in [-0.3, -0.25) is 4.79 Å². The molecule has 111 valence electrons. The second-order valence-electron chi connectivity index (χ2n) is 4.13. The van der Waals surface area contributed by atoms with E-state index in [0.29, 0.717) is 0 Å². The van der Waals surface area contributed by atoms with E-state index in [9.17, 15) is 18.0 Å². The number of carbonyl (C=O) groups excluding carboxylic acids is 1. The summed E-state index contributed by atoms with van der Waals surface area (Å²) in [7, 11) is 0. The van der Waals surface area contributed by atoms with Crippen molar-refractivity contribution in [3.8, 4) is 0 Å². The van der Waals surface area contributed by atoms with Crippen molar-refractivity contribution in [1.29, 1.82) is 0 Å². The molecule has 8 heteroatoms. The van der Waals surface area contributed by atoms with Gasteiger partial charge >= 0.3 is 0 Å². The van der Waals surface area contributed by atoms with Gasteiger partial charge in [-0.25, -0.2) is 19.2 Å². The fraction of sp³-hybridized carbons (Fsp3) is 0.308. The van der Waals surface area contributed by atoms with Crippen LogP contribution >= 0.6 is 23.2 Å². The first-order chi connectivity index (χ1) is 9.41. The summed E-state index contributed by atoms with van der Waals surface area (Å²) < 4.78 is 39.1. The standard InChI is InChI=1S/C13H9Cl2F3NO.Y/c14-7-2-1-3-9(16)12(7)10-5-4-8(15)13(20)19(10)6-11(17)18;/h1-3,8,11H,4,6H2;/q-1;. The summed E-state index contributed by atoms with van der Waals surface area (Å²) in [5, 5.41) is -0.962. The molecule has 1 aromatic carbocycles. The Morgan fingerprint density at radius 1 is 1.43 bits per heavy atom. The number of rotatable bonds is 3. The number of amides is 1. The van der Waals surface area contributed by atoms with E-state index in [4.69, 9.17) is 23.2 Å². The molecule has 1 amide bonds. The van der Waals surface area contributed by atoms with Crippen LogP contribution in [0.1, 0.15) is 12.0 Å². The van der Waals surface area contributed by atoms with Crippen molar-refractivity contribution in [2.45, 2.75) is 18.2 Å².